The van der Waals surface area contributed by atoms with Crippen LogP contribution < -0.4 is 5.32 Å². The Kier molecular flexibility index (Phi) is 4.22. The van der Waals surface area contributed by atoms with Gasteiger partial charge in [0.1, 0.15) is 5.76 Å². The SMILES string of the molecule is Cc1cc(Br)cc(C)c1NC(=O)/C=C\c1ccco1. The van der Waals surface area contributed by atoms with E-state index in [-0.39, 0.29) is 5.91 Å². The summed E-state index contributed by atoms with van der Waals surface area (Å²) in [5.74, 6) is 0.476. The molecule has 0 bridgehead atoms. The zero-order valence-electron chi connectivity index (χ0n) is 10.7. The number of rotatable bonds is 3. The highest BCUT2D eigenvalue weighted by atomic mass is 79.9. The van der Waals surface area contributed by atoms with E-state index in [1.165, 1.54) is 6.08 Å². The van der Waals surface area contributed by atoms with Gasteiger partial charge in [-0.2, -0.15) is 0 Å². The molecule has 1 aromatic heterocycles. The molecule has 0 radical (unpaired) electrons. The predicted molar refractivity (Wildman–Crippen MR) is 80.0 cm³/mol. The number of hydrogen-bond donors (Lipinski definition) is 1. The van der Waals surface area contributed by atoms with Crippen LogP contribution in [0.15, 0.2) is 45.5 Å². The fourth-order valence-electron chi connectivity index (χ4n) is 1.82. The van der Waals surface area contributed by atoms with Crippen molar-refractivity contribution in [1.82, 2.24) is 0 Å². The average Bonchev–Trinajstić information content (AvgIpc) is 2.84. The first-order valence-corrected chi connectivity index (χ1v) is 6.65. The third kappa shape index (κ3) is 3.58. The summed E-state index contributed by atoms with van der Waals surface area (Å²) in [6.07, 6.45) is 4.67. The van der Waals surface area contributed by atoms with Crippen molar-refractivity contribution in [2.45, 2.75) is 13.8 Å². The van der Waals surface area contributed by atoms with Crippen molar-refractivity contribution in [2.24, 2.45) is 0 Å². The Labute approximate surface area is 120 Å². The van der Waals surface area contributed by atoms with Crippen molar-refractivity contribution >= 4 is 33.6 Å². The van der Waals surface area contributed by atoms with E-state index in [4.69, 9.17) is 4.42 Å². The van der Waals surface area contributed by atoms with Crippen LogP contribution in [-0.4, -0.2) is 5.91 Å². The molecular weight excluding hydrogens is 306 g/mol. The molecule has 4 heteroatoms. The topological polar surface area (TPSA) is 42.2 Å². The quantitative estimate of drug-likeness (QED) is 0.856. The summed E-state index contributed by atoms with van der Waals surface area (Å²) in [6.45, 7) is 3.92. The number of amides is 1. The van der Waals surface area contributed by atoms with Gasteiger partial charge in [-0.05, 0) is 55.3 Å². The van der Waals surface area contributed by atoms with E-state index >= 15 is 0 Å². The van der Waals surface area contributed by atoms with Crippen molar-refractivity contribution in [3.05, 3.63) is 58.0 Å². The van der Waals surface area contributed by atoms with Gasteiger partial charge in [-0.15, -0.1) is 0 Å². The van der Waals surface area contributed by atoms with Gasteiger partial charge >= 0.3 is 0 Å². The summed E-state index contributed by atoms with van der Waals surface area (Å²) in [6, 6.07) is 7.51. The molecule has 0 aliphatic carbocycles. The molecule has 3 nitrogen and oxygen atoms in total. The number of carbonyl (C=O) groups is 1. The minimum Gasteiger partial charge on any atom is -0.465 e. The molecule has 1 heterocycles. The monoisotopic (exact) mass is 319 g/mol. The summed E-state index contributed by atoms with van der Waals surface area (Å²) < 4.78 is 6.13. The van der Waals surface area contributed by atoms with Gasteiger partial charge in [-0.3, -0.25) is 4.79 Å². The van der Waals surface area contributed by atoms with Gasteiger partial charge in [-0.25, -0.2) is 0 Å². The zero-order valence-corrected chi connectivity index (χ0v) is 12.3. The normalized spacial score (nSPS) is 10.9. The number of carbonyl (C=O) groups excluding carboxylic acids is 1. The van der Waals surface area contributed by atoms with Gasteiger partial charge in [0.2, 0.25) is 5.91 Å². The highest BCUT2D eigenvalue weighted by molar-refractivity contribution is 9.10. The second kappa shape index (κ2) is 5.89. The number of anilines is 1. The molecule has 0 saturated heterocycles. The Bertz CT molecular complexity index is 592. The van der Waals surface area contributed by atoms with Crippen LogP contribution in [0.4, 0.5) is 5.69 Å². The van der Waals surface area contributed by atoms with Crippen LogP contribution in [0.2, 0.25) is 0 Å². The lowest BCUT2D eigenvalue weighted by Gasteiger charge is -2.10. The third-order valence-electron chi connectivity index (χ3n) is 2.69. The highest BCUT2D eigenvalue weighted by Gasteiger charge is 2.06. The Hall–Kier alpha value is -1.81. The summed E-state index contributed by atoms with van der Waals surface area (Å²) in [5, 5.41) is 2.88. The Balaban J connectivity index is 2.11. The first kappa shape index (κ1) is 13.6. The number of aryl methyl sites for hydroxylation is 2. The minimum atomic E-state index is -0.176. The van der Waals surface area contributed by atoms with Gasteiger partial charge in [0.15, 0.2) is 0 Å². The lowest BCUT2D eigenvalue weighted by atomic mass is 10.1. The van der Waals surface area contributed by atoms with Gasteiger partial charge < -0.3 is 9.73 Å². The molecule has 1 aromatic carbocycles. The third-order valence-corrected chi connectivity index (χ3v) is 3.15. The van der Waals surface area contributed by atoms with Crippen LogP contribution in [0.25, 0.3) is 6.08 Å². The molecule has 0 fully saturated rings. The van der Waals surface area contributed by atoms with Gasteiger partial charge in [0.25, 0.3) is 0 Å². The maximum atomic E-state index is 11.8. The van der Waals surface area contributed by atoms with Crippen molar-refractivity contribution in [1.29, 1.82) is 0 Å². The van der Waals surface area contributed by atoms with E-state index in [1.54, 1.807) is 24.5 Å². The van der Waals surface area contributed by atoms with Crippen molar-refractivity contribution in [3.8, 4) is 0 Å². The van der Waals surface area contributed by atoms with Crippen LogP contribution in [0.1, 0.15) is 16.9 Å². The standard InChI is InChI=1S/C15H14BrNO2/c1-10-8-12(16)9-11(2)15(10)17-14(18)6-5-13-4-3-7-19-13/h3-9H,1-2H3,(H,17,18)/b6-5-. The van der Waals surface area contributed by atoms with Crippen molar-refractivity contribution in [2.75, 3.05) is 5.32 Å². The smallest absolute Gasteiger partial charge is 0.248 e. The highest BCUT2D eigenvalue weighted by Crippen LogP contribution is 2.25. The van der Waals surface area contributed by atoms with Crippen LogP contribution in [-0.2, 0) is 4.79 Å². The fourth-order valence-corrected chi connectivity index (χ4v) is 2.50. The lowest BCUT2D eigenvalue weighted by molar-refractivity contribution is -0.111. The number of hydrogen-bond acceptors (Lipinski definition) is 2. The van der Waals surface area contributed by atoms with Crippen LogP contribution in [0, 0.1) is 13.8 Å². The molecule has 0 aliphatic rings. The molecule has 1 N–H and O–H groups in total. The predicted octanol–water partition coefficient (Wildman–Crippen LogP) is 4.31. The molecule has 2 aromatic rings. The molecule has 98 valence electrons. The summed E-state index contributed by atoms with van der Waals surface area (Å²) in [7, 11) is 0. The van der Waals surface area contributed by atoms with E-state index in [1.807, 2.05) is 26.0 Å². The maximum Gasteiger partial charge on any atom is 0.248 e. The first-order chi connectivity index (χ1) is 9.06. The average molecular weight is 320 g/mol. The molecule has 0 spiro atoms. The van der Waals surface area contributed by atoms with Gasteiger partial charge in [0.05, 0.1) is 6.26 Å². The number of furan rings is 1. The summed E-state index contributed by atoms with van der Waals surface area (Å²) >= 11 is 3.43. The minimum absolute atomic E-state index is 0.176. The van der Waals surface area contributed by atoms with Gasteiger partial charge in [0, 0.05) is 16.2 Å². The molecule has 0 saturated carbocycles. The molecular formula is C15H14BrNO2. The Morgan fingerprint density at radius 1 is 1.32 bits per heavy atom. The number of benzene rings is 1. The zero-order chi connectivity index (χ0) is 13.8. The van der Waals surface area contributed by atoms with E-state index in [9.17, 15) is 4.79 Å². The van der Waals surface area contributed by atoms with Crippen molar-refractivity contribution < 1.29 is 9.21 Å². The van der Waals surface area contributed by atoms with E-state index in [0.717, 1.165) is 21.3 Å². The molecule has 2 rings (SSSR count). The van der Waals surface area contributed by atoms with Crippen molar-refractivity contribution in [3.63, 3.8) is 0 Å². The number of nitrogens with one attached hydrogen (secondary N) is 1. The van der Waals surface area contributed by atoms with Crippen LogP contribution in [0.5, 0.6) is 0 Å². The summed E-state index contributed by atoms with van der Waals surface area (Å²) in [4.78, 5) is 11.8. The number of halogens is 1. The van der Waals surface area contributed by atoms with Crippen LogP contribution in [0.3, 0.4) is 0 Å². The first-order valence-electron chi connectivity index (χ1n) is 5.85. The Morgan fingerprint density at radius 3 is 2.58 bits per heavy atom. The summed E-state index contributed by atoms with van der Waals surface area (Å²) in [5.41, 5.74) is 2.88. The maximum absolute atomic E-state index is 11.8. The molecule has 0 atom stereocenters. The van der Waals surface area contributed by atoms with Gasteiger partial charge in [-0.1, -0.05) is 15.9 Å². The Morgan fingerprint density at radius 2 is 2.00 bits per heavy atom. The molecule has 19 heavy (non-hydrogen) atoms. The molecule has 1 amide bonds. The second-order valence-electron chi connectivity index (χ2n) is 4.25. The molecule has 0 aliphatic heterocycles. The van der Waals surface area contributed by atoms with E-state index in [2.05, 4.69) is 21.2 Å². The van der Waals surface area contributed by atoms with Crippen LogP contribution >= 0.6 is 15.9 Å². The van der Waals surface area contributed by atoms with E-state index in [0.29, 0.717) is 5.76 Å². The molecule has 0 unspecified atom stereocenters. The fraction of sp³-hybridized carbons (Fsp3) is 0.133. The second-order valence-corrected chi connectivity index (χ2v) is 5.17. The largest absolute Gasteiger partial charge is 0.465 e. The van der Waals surface area contributed by atoms with E-state index < -0.39 is 0 Å². The lowest BCUT2D eigenvalue weighted by Crippen LogP contribution is -2.10.